The molecule has 0 spiro atoms. The second kappa shape index (κ2) is 5.08. The molecule has 0 aliphatic heterocycles. The summed E-state index contributed by atoms with van der Waals surface area (Å²) in [6.45, 7) is 8.68. The lowest BCUT2D eigenvalue weighted by Crippen LogP contribution is -2.13. The number of nitrogens with zero attached hydrogens (tertiary/aromatic N) is 3. The molecule has 0 saturated heterocycles. The molecule has 2 rings (SSSR count). The summed E-state index contributed by atoms with van der Waals surface area (Å²) in [6.07, 6.45) is 0. The topological polar surface area (TPSA) is 102 Å². The molecule has 0 atom stereocenters. The third-order valence-electron chi connectivity index (χ3n) is 4.00. The van der Waals surface area contributed by atoms with Gasteiger partial charge in [0.2, 0.25) is 5.78 Å². The van der Waals surface area contributed by atoms with Crippen LogP contribution in [0.15, 0.2) is 0 Å². The first-order valence-corrected chi connectivity index (χ1v) is 6.44. The summed E-state index contributed by atoms with van der Waals surface area (Å²) >= 11 is 0. The summed E-state index contributed by atoms with van der Waals surface area (Å²) < 4.78 is 0. The van der Waals surface area contributed by atoms with Gasteiger partial charge in [0.15, 0.2) is 5.69 Å². The molecule has 0 aliphatic carbocycles. The average molecular weight is 288 g/mol. The van der Waals surface area contributed by atoms with Crippen LogP contribution in [0.4, 0.5) is 5.69 Å². The van der Waals surface area contributed by atoms with Gasteiger partial charge in [0, 0.05) is 5.56 Å². The highest BCUT2D eigenvalue weighted by atomic mass is 16.6. The predicted molar refractivity (Wildman–Crippen MR) is 76.6 cm³/mol. The smallest absolute Gasteiger partial charge is 0.284 e. The molecule has 1 N–H and O–H groups in total. The SMILES string of the molecule is Cc1n[nH]nc1C(=O)c1c(C)c(C)c(C)c(C)c1[N+](=O)[O-]. The van der Waals surface area contributed by atoms with Gasteiger partial charge in [-0.25, -0.2) is 0 Å². The highest BCUT2D eigenvalue weighted by Gasteiger charge is 2.31. The molecule has 110 valence electrons. The number of carbonyl (C=O) groups is 1. The van der Waals surface area contributed by atoms with Crippen molar-refractivity contribution >= 4 is 11.5 Å². The molecule has 0 radical (unpaired) electrons. The van der Waals surface area contributed by atoms with Gasteiger partial charge in [-0.3, -0.25) is 14.9 Å². The molecule has 2 aromatic rings. The normalized spacial score (nSPS) is 10.7. The minimum absolute atomic E-state index is 0.0950. The number of hydrogen-bond donors (Lipinski definition) is 1. The number of nitrogens with one attached hydrogen (secondary N) is 1. The third-order valence-corrected chi connectivity index (χ3v) is 4.00. The van der Waals surface area contributed by atoms with Crippen LogP contribution in [0.25, 0.3) is 0 Å². The van der Waals surface area contributed by atoms with Crippen molar-refractivity contribution in [2.24, 2.45) is 0 Å². The van der Waals surface area contributed by atoms with Crippen LogP contribution < -0.4 is 0 Å². The average Bonchev–Trinajstić information content (AvgIpc) is 2.85. The maximum absolute atomic E-state index is 12.7. The van der Waals surface area contributed by atoms with Crippen LogP contribution in [0.5, 0.6) is 0 Å². The van der Waals surface area contributed by atoms with Crippen LogP contribution in [-0.4, -0.2) is 26.1 Å². The quantitative estimate of drug-likeness (QED) is 0.531. The van der Waals surface area contributed by atoms with Crippen molar-refractivity contribution in [1.82, 2.24) is 15.4 Å². The van der Waals surface area contributed by atoms with Crippen LogP contribution >= 0.6 is 0 Å². The number of ketones is 1. The summed E-state index contributed by atoms with van der Waals surface area (Å²) in [5.41, 5.74) is 3.30. The third kappa shape index (κ3) is 2.20. The molecule has 0 unspecified atom stereocenters. The van der Waals surface area contributed by atoms with E-state index in [9.17, 15) is 14.9 Å². The molecular weight excluding hydrogens is 272 g/mol. The van der Waals surface area contributed by atoms with E-state index in [1.807, 2.05) is 13.8 Å². The molecule has 7 nitrogen and oxygen atoms in total. The van der Waals surface area contributed by atoms with Crippen molar-refractivity contribution in [3.8, 4) is 0 Å². The minimum Gasteiger partial charge on any atom is -0.286 e. The number of rotatable bonds is 3. The number of aromatic amines is 1. The van der Waals surface area contributed by atoms with E-state index in [0.29, 0.717) is 16.8 Å². The summed E-state index contributed by atoms with van der Waals surface area (Å²) in [6, 6.07) is 0. The van der Waals surface area contributed by atoms with Gasteiger partial charge in [-0.15, -0.1) is 0 Å². The van der Waals surface area contributed by atoms with Crippen molar-refractivity contribution in [1.29, 1.82) is 0 Å². The second-order valence-electron chi connectivity index (χ2n) is 5.07. The molecule has 1 aromatic carbocycles. The van der Waals surface area contributed by atoms with Crippen LogP contribution in [0.3, 0.4) is 0 Å². The zero-order valence-corrected chi connectivity index (χ0v) is 12.6. The molecule has 7 heteroatoms. The highest BCUT2D eigenvalue weighted by molar-refractivity contribution is 6.12. The van der Waals surface area contributed by atoms with Gasteiger partial charge in [0.25, 0.3) is 5.69 Å². The zero-order chi connectivity index (χ0) is 15.9. The lowest BCUT2D eigenvalue weighted by molar-refractivity contribution is -0.385. The first kappa shape index (κ1) is 14.8. The van der Waals surface area contributed by atoms with Gasteiger partial charge < -0.3 is 0 Å². The van der Waals surface area contributed by atoms with Gasteiger partial charge >= 0.3 is 0 Å². The van der Waals surface area contributed by atoms with Crippen molar-refractivity contribution in [3.63, 3.8) is 0 Å². The standard InChI is InChI=1S/C14H16N4O3/c1-6-7(2)9(4)13(18(20)21)11(8(6)3)14(19)12-10(5)15-17-16-12/h1-5H3,(H,15,16,17). The molecule has 0 aliphatic rings. The predicted octanol–water partition coefficient (Wildman–Crippen LogP) is 2.49. The van der Waals surface area contributed by atoms with Crippen molar-refractivity contribution in [2.75, 3.05) is 0 Å². The van der Waals surface area contributed by atoms with Gasteiger partial charge in [-0.05, 0) is 51.3 Å². The minimum atomic E-state index is -0.503. The van der Waals surface area contributed by atoms with E-state index in [1.54, 1.807) is 20.8 Å². The summed E-state index contributed by atoms with van der Waals surface area (Å²) in [4.78, 5) is 23.6. The number of aryl methyl sites for hydroxylation is 1. The van der Waals surface area contributed by atoms with Crippen LogP contribution in [0, 0.1) is 44.7 Å². The Labute approximate surface area is 121 Å². The van der Waals surface area contributed by atoms with Gasteiger partial charge in [-0.1, -0.05) is 0 Å². The van der Waals surface area contributed by atoms with Crippen molar-refractivity contribution < 1.29 is 9.72 Å². The fourth-order valence-corrected chi connectivity index (χ4v) is 2.42. The Morgan fingerprint density at radius 3 is 2.05 bits per heavy atom. The monoisotopic (exact) mass is 288 g/mol. The molecule has 21 heavy (non-hydrogen) atoms. The zero-order valence-electron chi connectivity index (χ0n) is 12.6. The maximum atomic E-state index is 12.7. The van der Waals surface area contributed by atoms with Crippen LogP contribution in [0.1, 0.15) is 44.0 Å². The van der Waals surface area contributed by atoms with Gasteiger partial charge in [0.05, 0.1) is 10.6 Å². The van der Waals surface area contributed by atoms with E-state index in [2.05, 4.69) is 15.4 Å². The van der Waals surface area contributed by atoms with E-state index in [1.165, 1.54) is 0 Å². The Morgan fingerprint density at radius 1 is 1.00 bits per heavy atom. The number of hydrogen-bond acceptors (Lipinski definition) is 5. The fourth-order valence-electron chi connectivity index (χ4n) is 2.42. The summed E-state index contributed by atoms with van der Waals surface area (Å²) in [7, 11) is 0. The second-order valence-corrected chi connectivity index (χ2v) is 5.07. The number of benzene rings is 1. The molecule has 0 saturated carbocycles. The summed E-state index contributed by atoms with van der Waals surface area (Å²) in [5, 5.41) is 21.4. The molecular formula is C14H16N4O3. The van der Waals surface area contributed by atoms with Crippen LogP contribution in [0.2, 0.25) is 0 Å². The Bertz CT molecular complexity index is 762. The van der Waals surface area contributed by atoms with E-state index < -0.39 is 10.7 Å². The van der Waals surface area contributed by atoms with E-state index in [4.69, 9.17) is 0 Å². The van der Waals surface area contributed by atoms with E-state index in [0.717, 1.165) is 11.1 Å². The number of nitro groups is 1. The van der Waals surface area contributed by atoms with Gasteiger partial charge in [0.1, 0.15) is 5.56 Å². The van der Waals surface area contributed by atoms with Crippen molar-refractivity contribution in [2.45, 2.75) is 34.6 Å². The highest BCUT2D eigenvalue weighted by Crippen LogP contribution is 2.33. The number of aromatic nitrogens is 3. The Morgan fingerprint density at radius 2 is 1.57 bits per heavy atom. The largest absolute Gasteiger partial charge is 0.286 e. The first-order chi connectivity index (χ1) is 9.77. The Hall–Kier alpha value is -2.57. The molecule has 1 aromatic heterocycles. The molecule has 0 fully saturated rings. The van der Waals surface area contributed by atoms with Crippen LogP contribution in [-0.2, 0) is 0 Å². The lowest BCUT2D eigenvalue weighted by Gasteiger charge is -2.14. The van der Waals surface area contributed by atoms with E-state index in [-0.39, 0.29) is 16.9 Å². The first-order valence-electron chi connectivity index (χ1n) is 6.44. The number of nitro benzene ring substituents is 1. The summed E-state index contributed by atoms with van der Waals surface area (Å²) in [5.74, 6) is -0.475. The maximum Gasteiger partial charge on any atom is 0.284 e. The molecule has 1 heterocycles. The lowest BCUT2D eigenvalue weighted by atomic mass is 9.89. The number of H-pyrrole nitrogens is 1. The number of carbonyl (C=O) groups excluding carboxylic acids is 1. The van der Waals surface area contributed by atoms with Crippen molar-refractivity contribution in [3.05, 3.63) is 49.3 Å². The Balaban J connectivity index is 2.83. The van der Waals surface area contributed by atoms with Gasteiger partial charge in [-0.2, -0.15) is 15.4 Å². The molecule has 0 bridgehead atoms. The Kier molecular flexibility index (Phi) is 3.59. The van der Waals surface area contributed by atoms with E-state index >= 15 is 0 Å². The molecule has 0 amide bonds. The fraction of sp³-hybridized carbons (Fsp3) is 0.357.